The minimum atomic E-state index is -0.624. The zero-order chi connectivity index (χ0) is 22.2. The maximum atomic E-state index is 12.4. The average Bonchev–Trinajstić information content (AvgIpc) is 2.82. The Bertz CT molecular complexity index is 1120. The number of carbonyl (C=O) groups excluding carboxylic acids is 2. The molecule has 3 rings (SSSR count). The van der Waals surface area contributed by atoms with E-state index in [0.29, 0.717) is 22.4 Å². The van der Waals surface area contributed by atoms with Crippen LogP contribution in [0.15, 0.2) is 79.4 Å². The second-order valence-electron chi connectivity index (χ2n) is 6.52. The quantitative estimate of drug-likeness (QED) is 0.357. The summed E-state index contributed by atoms with van der Waals surface area (Å²) in [7, 11) is 0. The van der Waals surface area contributed by atoms with Gasteiger partial charge in [-0.1, -0.05) is 43.0 Å². The van der Waals surface area contributed by atoms with Crippen LogP contribution in [0.3, 0.4) is 0 Å². The average molecular weight is 413 g/mol. The van der Waals surface area contributed by atoms with E-state index in [0.717, 1.165) is 11.1 Å². The molecule has 0 bridgehead atoms. The summed E-state index contributed by atoms with van der Waals surface area (Å²) < 4.78 is 10.2. The monoisotopic (exact) mass is 413 g/mol. The summed E-state index contributed by atoms with van der Waals surface area (Å²) in [6.45, 7) is 3.32. The Balaban J connectivity index is 1.64. The zero-order valence-electron chi connectivity index (χ0n) is 16.6. The first-order valence-corrected chi connectivity index (χ1v) is 9.42. The summed E-state index contributed by atoms with van der Waals surface area (Å²) in [5, 5.41) is 17.6. The third-order valence-corrected chi connectivity index (χ3v) is 4.45. The smallest absolute Gasteiger partial charge is 0.343 e. The molecule has 31 heavy (non-hydrogen) atoms. The maximum Gasteiger partial charge on any atom is 0.343 e. The van der Waals surface area contributed by atoms with Crippen molar-refractivity contribution in [3.05, 3.63) is 96.1 Å². The number of carbonyl (C=O) groups is 2. The molecule has 1 N–H and O–H groups in total. The summed E-state index contributed by atoms with van der Waals surface area (Å²) in [5.41, 5.74) is 3.49. The molecule has 0 aliphatic carbocycles. The number of benzene rings is 3. The lowest BCUT2D eigenvalue weighted by Gasteiger charge is -2.08. The van der Waals surface area contributed by atoms with Gasteiger partial charge in [-0.15, -0.1) is 0 Å². The van der Waals surface area contributed by atoms with Crippen LogP contribution in [-0.2, 0) is 9.53 Å². The second-order valence-corrected chi connectivity index (χ2v) is 6.52. The summed E-state index contributed by atoms with van der Waals surface area (Å²) in [6, 6.07) is 22.5. The number of aliphatic hydroxyl groups excluding tert-OH is 1. The number of ether oxygens (including phenoxy) is 2. The predicted octanol–water partition coefficient (Wildman–Crippen LogP) is 3.99. The van der Waals surface area contributed by atoms with E-state index in [4.69, 9.17) is 19.8 Å². The van der Waals surface area contributed by atoms with E-state index in [2.05, 4.69) is 12.6 Å². The predicted molar refractivity (Wildman–Crippen MR) is 115 cm³/mol. The first kappa shape index (κ1) is 21.5. The van der Waals surface area contributed by atoms with Crippen LogP contribution in [0.2, 0.25) is 0 Å². The van der Waals surface area contributed by atoms with Crippen LogP contribution >= 0.6 is 0 Å². The number of nitrogens with zero attached hydrogens (tertiary/aromatic N) is 1. The van der Waals surface area contributed by atoms with Crippen LogP contribution in [0, 0.1) is 11.3 Å². The van der Waals surface area contributed by atoms with Gasteiger partial charge in [0.1, 0.15) is 12.4 Å². The van der Waals surface area contributed by atoms with Crippen molar-refractivity contribution in [2.75, 3.05) is 13.2 Å². The van der Waals surface area contributed by atoms with Gasteiger partial charge in [-0.2, -0.15) is 5.26 Å². The first-order valence-electron chi connectivity index (χ1n) is 9.42. The Morgan fingerprint density at radius 1 is 0.871 bits per heavy atom. The third-order valence-electron chi connectivity index (χ3n) is 4.45. The molecular formula is C25H19NO5. The van der Waals surface area contributed by atoms with Crippen LogP contribution in [0.25, 0.3) is 16.7 Å². The fourth-order valence-electron chi connectivity index (χ4n) is 2.77. The SMILES string of the molecule is C=C(C(=O)OCCO)c1ccc(OC(=O)c2ccc(-c3ccc(C#N)cc3)cc2)cc1. The van der Waals surface area contributed by atoms with E-state index in [1.165, 1.54) is 0 Å². The van der Waals surface area contributed by atoms with Gasteiger partial charge >= 0.3 is 11.9 Å². The molecule has 0 aliphatic heterocycles. The molecule has 6 heteroatoms. The number of nitriles is 1. The zero-order valence-corrected chi connectivity index (χ0v) is 16.6. The van der Waals surface area contributed by atoms with Crippen LogP contribution in [0.4, 0.5) is 0 Å². The molecule has 0 amide bonds. The molecule has 0 radical (unpaired) electrons. The summed E-state index contributed by atoms with van der Waals surface area (Å²) in [4.78, 5) is 24.2. The second kappa shape index (κ2) is 10.0. The molecule has 6 nitrogen and oxygen atoms in total. The molecule has 0 fully saturated rings. The Hall–Kier alpha value is -4.21. The number of hydrogen-bond donors (Lipinski definition) is 1. The van der Waals surface area contributed by atoms with Crippen LogP contribution in [0.5, 0.6) is 5.75 Å². The highest BCUT2D eigenvalue weighted by atomic mass is 16.5. The van der Waals surface area contributed by atoms with E-state index in [1.807, 2.05) is 24.3 Å². The van der Waals surface area contributed by atoms with Crippen molar-refractivity contribution in [2.45, 2.75) is 0 Å². The number of hydrogen-bond acceptors (Lipinski definition) is 6. The molecular weight excluding hydrogens is 394 g/mol. The van der Waals surface area contributed by atoms with Gasteiger partial charge in [-0.3, -0.25) is 0 Å². The lowest BCUT2D eigenvalue weighted by molar-refractivity contribution is -0.137. The molecule has 0 unspecified atom stereocenters. The fourth-order valence-corrected chi connectivity index (χ4v) is 2.77. The molecule has 154 valence electrons. The minimum Gasteiger partial charge on any atom is -0.460 e. The van der Waals surface area contributed by atoms with Gasteiger partial charge in [-0.25, -0.2) is 9.59 Å². The Kier molecular flexibility index (Phi) is 6.94. The van der Waals surface area contributed by atoms with Gasteiger partial charge in [0.2, 0.25) is 0 Å². The van der Waals surface area contributed by atoms with Gasteiger partial charge in [0.15, 0.2) is 0 Å². The number of aliphatic hydroxyl groups is 1. The van der Waals surface area contributed by atoms with Crippen LogP contribution < -0.4 is 4.74 Å². The highest BCUT2D eigenvalue weighted by Crippen LogP contribution is 2.22. The fraction of sp³-hybridized carbons (Fsp3) is 0.0800. The lowest BCUT2D eigenvalue weighted by atomic mass is 10.0. The van der Waals surface area contributed by atoms with Crippen molar-refractivity contribution in [3.8, 4) is 22.9 Å². The van der Waals surface area contributed by atoms with Gasteiger partial charge in [-0.05, 0) is 53.1 Å². The largest absolute Gasteiger partial charge is 0.460 e. The molecule has 3 aromatic carbocycles. The topological polar surface area (TPSA) is 96.6 Å². The lowest BCUT2D eigenvalue weighted by Crippen LogP contribution is -2.10. The van der Waals surface area contributed by atoms with Gasteiger partial charge in [0.25, 0.3) is 0 Å². The first-order chi connectivity index (χ1) is 15.0. The summed E-state index contributed by atoms with van der Waals surface area (Å²) in [6.07, 6.45) is 0. The summed E-state index contributed by atoms with van der Waals surface area (Å²) >= 11 is 0. The van der Waals surface area contributed by atoms with Gasteiger partial charge < -0.3 is 14.6 Å². The van der Waals surface area contributed by atoms with Crippen molar-refractivity contribution in [3.63, 3.8) is 0 Å². The molecule has 0 saturated carbocycles. The molecule has 0 atom stereocenters. The van der Waals surface area contributed by atoms with Crippen molar-refractivity contribution in [1.82, 2.24) is 0 Å². The molecule has 0 heterocycles. The third kappa shape index (κ3) is 5.44. The number of rotatable bonds is 7. The van der Waals surface area contributed by atoms with E-state index < -0.39 is 11.9 Å². The highest BCUT2D eigenvalue weighted by Gasteiger charge is 2.13. The molecule has 3 aromatic rings. The number of esters is 2. The van der Waals surface area contributed by atoms with Crippen LogP contribution in [-0.4, -0.2) is 30.3 Å². The van der Waals surface area contributed by atoms with Crippen molar-refractivity contribution < 1.29 is 24.2 Å². The Morgan fingerprint density at radius 2 is 1.42 bits per heavy atom. The van der Waals surface area contributed by atoms with Crippen molar-refractivity contribution in [2.24, 2.45) is 0 Å². The Morgan fingerprint density at radius 3 is 1.97 bits per heavy atom. The van der Waals surface area contributed by atoms with Gasteiger partial charge in [0, 0.05) is 0 Å². The van der Waals surface area contributed by atoms with Crippen molar-refractivity contribution in [1.29, 1.82) is 5.26 Å². The standard InChI is InChI=1S/C25H19NO5/c1-17(24(28)30-15-14-27)19-10-12-23(13-11-19)31-25(29)22-8-6-21(7-9-22)20-4-2-18(16-26)3-5-20/h2-13,27H,1,14-15H2. The van der Waals surface area contributed by atoms with Gasteiger partial charge in [0.05, 0.1) is 29.4 Å². The molecule has 0 aromatic heterocycles. The van der Waals surface area contributed by atoms with E-state index >= 15 is 0 Å². The van der Waals surface area contributed by atoms with Crippen molar-refractivity contribution >= 4 is 17.5 Å². The molecule has 0 spiro atoms. The highest BCUT2D eigenvalue weighted by molar-refractivity contribution is 6.15. The van der Waals surface area contributed by atoms with Crippen LogP contribution in [0.1, 0.15) is 21.5 Å². The maximum absolute atomic E-state index is 12.4. The molecule has 0 saturated heterocycles. The molecule has 0 aliphatic rings. The summed E-state index contributed by atoms with van der Waals surface area (Å²) in [5.74, 6) is -0.817. The Labute approximate surface area is 179 Å². The van der Waals surface area contributed by atoms with E-state index in [-0.39, 0.29) is 18.8 Å². The van der Waals surface area contributed by atoms with E-state index in [1.54, 1.807) is 48.5 Å². The van der Waals surface area contributed by atoms with E-state index in [9.17, 15) is 9.59 Å². The normalized spacial score (nSPS) is 10.1. The minimum absolute atomic E-state index is 0.0997.